The molecule has 26 heavy (non-hydrogen) atoms. The van der Waals surface area contributed by atoms with Gasteiger partial charge in [-0.3, -0.25) is 10.0 Å². The molecule has 6 heteroatoms. The zero-order valence-electron chi connectivity index (χ0n) is 15.3. The van der Waals surface area contributed by atoms with Crippen molar-refractivity contribution in [2.24, 2.45) is 11.8 Å². The van der Waals surface area contributed by atoms with Gasteiger partial charge in [-0.2, -0.15) is 11.8 Å². The van der Waals surface area contributed by atoms with Crippen molar-refractivity contribution >= 4 is 29.4 Å². The third-order valence-electron chi connectivity index (χ3n) is 5.49. The highest BCUT2D eigenvalue weighted by Crippen LogP contribution is 2.47. The highest BCUT2D eigenvalue weighted by atomic mass is 32.2. The fourth-order valence-corrected chi connectivity index (χ4v) is 6.55. The number of benzene rings is 1. The number of hydrogen-bond acceptors (Lipinski definition) is 5. The first-order valence-electron chi connectivity index (χ1n) is 9.55. The van der Waals surface area contributed by atoms with E-state index in [1.54, 1.807) is 5.48 Å². The van der Waals surface area contributed by atoms with E-state index in [1.165, 1.54) is 17.7 Å². The van der Waals surface area contributed by atoms with E-state index >= 15 is 0 Å². The van der Waals surface area contributed by atoms with E-state index in [0.29, 0.717) is 35.7 Å². The van der Waals surface area contributed by atoms with E-state index in [4.69, 9.17) is 9.94 Å². The average Bonchev–Trinajstić information content (AvgIpc) is 3.27. The first-order chi connectivity index (χ1) is 12.7. The molecule has 2 aliphatic rings. The predicted octanol–water partition coefficient (Wildman–Crippen LogP) is 4.37. The van der Waals surface area contributed by atoms with E-state index in [0.717, 1.165) is 24.3 Å². The quantitative estimate of drug-likeness (QED) is 0.350. The molecule has 4 nitrogen and oxygen atoms in total. The second kappa shape index (κ2) is 10.0. The molecule has 0 spiro atoms. The van der Waals surface area contributed by atoms with Crippen LogP contribution in [0, 0.1) is 11.8 Å². The number of fused-ring (bicyclic) bond motifs is 2. The smallest absolute Gasteiger partial charge is 0.243 e. The number of amides is 1. The molecule has 1 amide bonds. The van der Waals surface area contributed by atoms with Gasteiger partial charge in [-0.1, -0.05) is 25.1 Å². The Bertz CT molecular complexity index is 571. The lowest BCUT2D eigenvalue weighted by molar-refractivity contribution is -0.129. The van der Waals surface area contributed by atoms with E-state index < -0.39 is 0 Å². The van der Waals surface area contributed by atoms with Crippen molar-refractivity contribution in [2.45, 2.75) is 61.4 Å². The summed E-state index contributed by atoms with van der Waals surface area (Å²) in [6, 6.07) is 10.6. The maximum absolute atomic E-state index is 11.1. The Balaban J connectivity index is 1.44. The minimum Gasteiger partial charge on any atom is -0.374 e. The molecular weight excluding hydrogens is 366 g/mol. The second-order valence-electron chi connectivity index (χ2n) is 7.31. The van der Waals surface area contributed by atoms with Crippen LogP contribution in [0.1, 0.15) is 39.0 Å². The Kier molecular flexibility index (Phi) is 7.73. The van der Waals surface area contributed by atoms with Crippen LogP contribution in [0.2, 0.25) is 0 Å². The van der Waals surface area contributed by atoms with Gasteiger partial charge in [0.1, 0.15) is 0 Å². The number of hydroxylamine groups is 1. The normalized spacial score (nSPS) is 28.2. The summed E-state index contributed by atoms with van der Waals surface area (Å²) in [6.07, 6.45) is 5.55. The van der Waals surface area contributed by atoms with Crippen LogP contribution in [-0.4, -0.2) is 40.1 Å². The van der Waals surface area contributed by atoms with Crippen LogP contribution in [0.4, 0.5) is 0 Å². The molecule has 0 aromatic heterocycles. The maximum atomic E-state index is 11.1. The first-order valence-corrected chi connectivity index (χ1v) is 11.6. The van der Waals surface area contributed by atoms with Gasteiger partial charge in [-0.05, 0) is 43.6 Å². The monoisotopic (exact) mass is 395 g/mol. The van der Waals surface area contributed by atoms with Crippen molar-refractivity contribution in [1.82, 2.24) is 5.48 Å². The van der Waals surface area contributed by atoms with E-state index in [2.05, 4.69) is 37.3 Å². The van der Waals surface area contributed by atoms with Crippen LogP contribution in [0.25, 0.3) is 0 Å². The topological polar surface area (TPSA) is 58.6 Å². The fourth-order valence-electron chi connectivity index (χ4n) is 4.01. The minimum atomic E-state index is -0.290. The number of nitrogens with one attached hydrogen (secondary N) is 1. The molecule has 1 aromatic rings. The zero-order valence-corrected chi connectivity index (χ0v) is 16.9. The van der Waals surface area contributed by atoms with Gasteiger partial charge in [0.05, 0.1) is 12.2 Å². The van der Waals surface area contributed by atoms with Crippen LogP contribution in [0.3, 0.4) is 0 Å². The van der Waals surface area contributed by atoms with Gasteiger partial charge in [-0.15, -0.1) is 11.8 Å². The molecule has 2 bridgehead atoms. The van der Waals surface area contributed by atoms with Crippen molar-refractivity contribution in [1.29, 1.82) is 0 Å². The minimum absolute atomic E-state index is 0.290. The van der Waals surface area contributed by atoms with Gasteiger partial charge in [0.25, 0.3) is 0 Å². The highest BCUT2D eigenvalue weighted by Gasteiger charge is 2.48. The third-order valence-corrected chi connectivity index (χ3v) is 8.03. The molecule has 2 aliphatic heterocycles. The molecule has 0 saturated carbocycles. The second-order valence-corrected chi connectivity index (χ2v) is 9.88. The molecule has 2 saturated heterocycles. The summed E-state index contributed by atoms with van der Waals surface area (Å²) < 4.78 is 6.24. The van der Waals surface area contributed by atoms with Gasteiger partial charge in [-0.25, -0.2) is 5.48 Å². The molecule has 3 rings (SSSR count). The maximum Gasteiger partial charge on any atom is 0.243 e. The Morgan fingerprint density at radius 1 is 1.23 bits per heavy atom. The molecule has 2 fully saturated rings. The average molecular weight is 396 g/mol. The zero-order chi connectivity index (χ0) is 18.4. The highest BCUT2D eigenvalue weighted by molar-refractivity contribution is 8.00. The number of carbonyl (C=O) groups is 1. The van der Waals surface area contributed by atoms with Crippen LogP contribution in [-0.2, 0) is 9.53 Å². The van der Waals surface area contributed by atoms with Gasteiger partial charge in [0, 0.05) is 34.2 Å². The Hall–Kier alpha value is -0.690. The molecule has 5 unspecified atom stereocenters. The number of carbonyl (C=O) groups excluding carboxylic acids is 1. The van der Waals surface area contributed by atoms with Gasteiger partial charge in [0.15, 0.2) is 0 Å². The Morgan fingerprint density at radius 2 is 1.92 bits per heavy atom. The molecule has 0 aliphatic carbocycles. The van der Waals surface area contributed by atoms with Crippen LogP contribution < -0.4 is 5.48 Å². The Morgan fingerprint density at radius 3 is 2.62 bits per heavy atom. The lowest BCUT2D eigenvalue weighted by Crippen LogP contribution is -2.31. The van der Waals surface area contributed by atoms with Gasteiger partial charge < -0.3 is 4.74 Å². The number of thioether (sulfide) groups is 2. The summed E-state index contributed by atoms with van der Waals surface area (Å²) in [5.41, 5.74) is 1.70. The molecule has 2 N–H and O–H groups in total. The fraction of sp³-hybridized carbons (Fsp3) is 0.650. The number of ether oxygens (including phenoxy) is 1. The van der Waals surface area contributed by atoms with Crippen molar-refractivity contribution < 1.29 is 14.7 Å². The van der Waals surface area contributed by atoms with E-state index in [9.17, 15) is 4.79 Å². The summed E-state index contributed by atoms with van der Waals surface area (Å²) in [7, 11) is 0. The molecule has 1 aromatic carbocycles. The molecule has 2 heterocycles. The van der Waals surface area contributed by atoms with Crippen LogP contribution in [0.15, 0.2) is 35.2 Å². The molecule has 5 atom stereocenters. The lowest BCUT2D eigenvalue weighted by atomic mass is 9.81. The largest absolute Gasteiger partial charge is 0.374 e. The van der Waals surface area contributed by atoms with Gasteiger partial charge >= 0.3 is 0 Å². The molecule has 144 valence electrons. The van der Waals surface area contributed by atoms with Crippen molar-refractivity contribution in [2.75, 3.05) is 11.5 Å². The third kappa shape index (κ3) is 5.41. The molecule has 0 radical (unpaired) electrons. The number of hydrogen-bond donors (Lipinski definition) is 2. The summed E-state index contributed by atoms with van der Waals surface area (Å²) in [4.78, 5) is 12.4. The van der Waals surface area contributed by atoms with Crippen LogP contribution >= 0.6 is 23.5 Å². The summed E-state index contributed by atoms with van der Waals surface area (Å²) in [5, 5.41) is 9.08. The van der Waals surface area contributed by atoms with Gasteiger partial charge in [0.2, 0.25) is 5.91 Å². The summed E-state index contributed by atoms with van der Waals surface area (Å²) in [6.45, 7) is 2.24. The SMILES string of the molecule is CC(CCCC(=O)NO)SCC1C2CCC(O2)C1CSc1ccccc1. The Labute approximate surface area is 164 Å². The van der Waals surface area contributed by atoms with E-state index in [1.807, 2.05) is 23.5 Å². The number of rotatable bonds is 10. The van der Waals surface area contributed by atoms with E-state index in [-0.39, 0.29) is 5.91 Å². The summed E-state index contributed by atoms with van der Waals surface area (Å²) in [5.74, 6) is 3.30. The van der Waals surface area contributed by atoms with Crippen molar-refractivity contribution in [3.05, 3.63) is 30.3 Å². The summed E-state index contributed by atoms with van der Waals surface area (Å²) >= 11 is 3.97. The first kappa shape index (κ1) is 20.1. The predicted molar refractivity (Wildman–Crippen MR) is 108 cm³/mol. The van der Waals surface area contributed by atoms with Crippen molar-refractivity contribution in [3.8, 4) is 0 Å². The van der Waals surface area contributed by atoms with Crippen molar-refractivity contribution in [3.63, 3.8) is 0 Å². The molecular formula is C20H29NO3S2. The lowest BCUT2D eigenvalue weighted by Gasteiger charge is -2.28. The standard InChI is InChI=1S/C20H29NO3S2/c1-14(6-5-9-20(22)21-23)25-12-16-17(19-11-10-18(16)24-19)13-26-15-7-3-2-4-8-15/h2-4,7-8,14,16-19,23H,5-6,9-13H2,1H3,(H,21,22). The van der Waals surface area contributed by atoms with Crippen LogP contribution in [0.5, 0.6) is 0 Å².